The first kappa shape index (κ1) is 16.7. The molecule has 25 heavy (non-hydrogen) atoms. The van der Waals surface area contributed by atoms with Gasteiger partial charge in [-0.15, -0.1) is 11.3 Å². The van der Waals surface area contributed by atoms with Crippen molar-refractivity contribution in [3.63, 3.8) is 0 Å². The van der Waals surface area contributed by atoms with Crippen molar-refractivity contribution in [2.24, 2.45) is 0 Å². The summed E-state index contributed by atoms with van der Waals surface area (Å²) >= 11 is 3.76. The first-order valence-electron chi connectivity index (χ1n) is 8.08. The van der Waals surface area contributed by atoms with Crippen LogP contribution in [0.5, 0.6) is 0 Å². The summed E-state index contributed by atoms with van der Waals surface area (Å²) in [7, 11) is 0. The molecule has 2 heterocycles. The molecule has 0 atom stereocenters. The van der Waals surface area contributed by atoms with E-state index in [1.165, 1.54) is 4.88 Å². The number of hydrogen-bond donors (Lipinski definition) is 1. The molecule has 0 radical (unpaired) electrons. The Labute approximate surface area is 161 Å². The van der Waals surface area contributed by atoms with Crippen molar-refractivity contribution in [3.05, 3.63) is 60.0 Å². The number of carbonyl (C=O) groups excluding carboxylic acids is 1. The first-order chi connectivity index (χ1) is 12.1. The lowest BCUT2D eigenvalue weighted by Gasteiger charge is -2.09. The van der Waals surface area contributed by atoms with Crippen molar-refractivity contribution < 1.29 is 9.53 Å². The molecular weight excluding hydrogens is 451 g/mol. The van der Waals surface area contributed by atoms with Gasteiger partial charge >= 0.3 is 5.97 Å². The lowest BCUT2D eigenvalue weighted by atomic mass is 9.97. The number of hydrogen-bond acceptors (Lipinski definition) is 5. The van der Waals surface area contributed by atoms with Crippen LogP contribution in [0.4, 0.5) is 0 Å². The molecule has 1 aliphatic rings. The number of aromatic amines is 1. The number of benzene rings is 1. The molecule has 1 aliphatic carbocycles. The van der Waals surface area contributed by atoms with E-state index in [1.54, 1.807) is 23.5 Å². The zero-order chi connectivity index (χ0) is 17.4. The molecule has 0 spiro atoms. The molecule has 0 saturated heterocycles. The lowest BCUT2D eigenvalue weighted by molar-refractivity contribution is 0.0462. The molecule has 4 rings (SSSR count). The van der Waals surface area contributed by atoms with Crippen LogP contribution in [0.25, 0.3) is 10.2 Å². The number of ether oxygens (including phenoxy) is 1. The average Bonchev–Trinajstić information content (AvgIpc) is 2.99. The maximum atomic E-state index is 12.5. The third kappa shape index (κ3) is 3.35. The normalized spacial score (nSPS) is 13.6. The third-order valence-corrected chi connectivity index (χ3v) is 6.20. The van der Waals surface area contributed by atoms with Crippen molar-refractivity contribution in [1.82, 2.24) is 9.97 Å². The highest BCUT2D eigenvalue weighted by atomic mass is 127. The van der Waals surface area contributed by atoms with Gasteiger partial charge in [-0.3, -0.25) is 4.79 Å². The fraction of sp³-hybridized carbons (Fsp3) is 0.278. The molecule has 5 nitrogen and oxygen atoms in total. The molecule has 1 aromatic carbocycles. The minimum absolute atomic E-state index is 0.0431. The maximum absolute atomic E-state index is 12.5. The van der Waals surface area contributed by atoms with Gasteiger partial charge in [0.15, 0.2) is 0 Å². The smallest absolute Gasteiger partial charge is 0.338 e. The Balaban J connectivity index is 1.57. The van der Waals surface area contributed by atoms with Gasteiger partial charge in [-0.1, -0.05) is 0 Å². The molecule has 1 N–H and O–H groups in total. The van der Waals surface area contributed by atoms with Crippen molar-refractivity contribution >= 4 is 50.1 Å². The summed E-state index contributed by atoms with van der Waals surface area (Å²) < 4.78 is 6.34. The Morgan fingerprint density at radius 2 is 2.00 bits per heavy atom. The van der Waals surface area contributed by atoms with Gasteiger partial charge < -0.3 is 9.72 Å². The van der Waals surface area contributed by atoms with Gasteiger partial charge in [-0.2, -0.15) is 0 Å². The summed E-state index contributed by atoms with van der Waals surface area (Å²) in [6.45, 7) is -0.0431. The topological polar surface area (TPSA) is 72.0 Å². The number of thiophene rings is 1. The molecule has 0 unspecified atom stereocenters. The van der Waals surface area contributed by atoms with E-state index in [4.69, 9.17) is 4.74 Å². The van der Waals surface area contributed by atoms with Gasteiger partial charge in [0, 0.05) is 8.45 Å². The van der Waals surface area contributed by atoms with E-state index in [2.05, 4.69) is 32.6 Å². The SMILES string of the molecule is O=C(OCc1nc2sc3c(c2c(=O)[nH]1)CCCC3)c1ccc(I)cc1. The van der Waals surface area contributed by atoms with E-state index < -0.39 is 5.97 Å². The summed E-state index contributed by atoms with van der Waals surface area (Å²) in [6, 6.07) is 7.13. The van der Waals surface area contributed by atoms with Gasteiger partial charge in [-0.25, -0.2) is 9.78 Å². The molecule has 0 amide bonds. The summed E-state index contributed by atoms with van der Waals surface area (Å²) in [5.41, 5.74) is 1.50. The van der Waals surface area contributed by atoms with Crippen molar-refractivity contribution in [3.8, 4) is 0 Å². The molecular formula is C18H15IN2O3S. The van der Waals surface area contributed by atoms with Gasteiger partial charge in [0.05, 0.1) is 10.9 Å². The Bertz CT molecular complexity index is 1010. The van der Waals surface area contributed by atoms with Crippen LogP contribution in [0.1, 0.15) is 39.5 Å². The molecule has 7 heteroatoms. The van der Waals surface area contributed by atoms with E-state index in [1.807, 2.05) is 12.1 Å². The standard InChI is InChI=1S/C18H15IN2O3S/c19-11-7-5-10(6-8-11)18(23)24-9-14-20-16(22)15-12-3-1-2-4-13(12)25-17(15)21-14/h5-8H,1-4,9H2,(H,20,21,22). The number of fused-ring (bicyclic) bond motifs is 3. The van der Waals surface area contributed by atoms with Crippen LogP contribution in [0.3, 0.4) is 0 Å². The van der Waals surface area contributed by atoms with Crippen LogP contribution in [0, 0.1) is 3.57 Å². The van der Waals surface area contributed by atoms with Gasteiger partial charge in [-0.05, 0) is 78.1 Å². The number of H-pyrrole nitrogens is 1. The Morgan fingerprint density at radius 3 is 2.80 bits per heavy atom. The summed E-state index contributed by atoms with van der Waals surface area (Å²) in [5.74, 6) is -0.0421. The number of rotatable bonds is 3. The number of aryl methyl sites for hydroxylation is 2. The fourth-order valence-electron chi connectivity index (χ4n) is 3.08. The zero-order valence-electron chi connectivity index (χ0n) is 13.3. The summed E-state index contributed by atoms with van der Waals surface area (Å²) in [4.78, 5) is 33.8. The second-order valence-electron chi connectivity index (χ2n) is 5.99. The van der Waals surface area contributed by atoms with E-state index in [0.29, 0.717) is 16.8 Å². The predicted molar refractivity (Wildman–Crippen MR) is 105 cm³/mol. The van der Waals surface area contributed by atoms with Crippen LogP contribution >= 0.6 is 33.9 Å². The largest absolute Gasteiger partial charge is 0.454 e. The second-order valence-corrected chi connectivity index (χ2v) is 8.32. The molecule has 0 fully saturated rings. The number of nitrogens with zero attached hydrogens (tertiary/aromatic N) is 1. The minimum Gasteiger partial charge on any atom is -0.454 e. The van der Waals surface area contributed by atoms with Gasteiger partial charge in [0.2, 0.25) is 0 Å². The maximum Gasteiger partial charge on any atom is 0.338 e. The lowest BCUT2D eigenvalue weighted by Crippen LogP contribution is -2.15. The number of nitrogens with one attached hydrogen (secondary N) is 1. The van der Waals surface area contributed by atoms with Crippen molar-refractivity contribution in [1.29, 1.82) is 0 Å². The molecule has 128 valence electrons. The number of carbonyl (C=O) groups is 1. The van der Waals surface area contributed by atoms with Crippen LogP contribution in [-0.2, 0) is 24.2 Å². The van der Waals surface area contributed by atoms with Crippen LogP contribution in [-0.4, -0.2) is 15.9 Å². The Kier molecular flexibility index (Phi) is 4.60. The Hall–Kier alpha value is -1.74. The van der Waals surface area contributed by atoms with E-state index in [0.717, 1.165) is 39.6 Å². The van der Waals surface area contributed by atoms with Crippen molar-refractivity contribution in [2.75, 3.05) is 0 Å². The molecule has 0 bridgehead atoms. The number of aromatic nitrogens is 2. The highest BCUT2D eigenvalue weighted by molar-refractivity contribution is 14.1. The minimum atomic E-state index is -0.426. The van der Waals surface area contributed by atoms with E-state index in [9.17, 15) is 9.59 Å². The summed E-state index contributed by atoms with van der Waals surface area (Å²) in [5, 5.41) is 0.715. The number of esters is 1. The van der Waals surface area contributed by atoms with Crippen molar-refractivity contribution in [2.45, 2.75) is 32.3 Å². The second kappa shape index (κ2) is 6.87. The molecule has 0 aliphatic heterocycles. The van der Waals surface area contributed by atoms with Crippen LogP contribution < -0.4 is 5.56 Å². The van der Waals surface area contributed by atoms with Crippen LogP contribution in [0.15, 0.2) is 29.1 Å². The van der Waals surface area contributed by atoms with E-state index >= 15 is 0 Å². The highest BCUT2D eigenvalue weighted by Crippen LogP contribution is 2.33. The fourth-order valence-corrected chi connectivity index (χ4v) is 4.72. The molecule has 3 aromatic rings. The summed E-state index contributed by atoms with van der Waals surface area (Å²) in [6.07, 6.45) is 4.25. The third-order valence-electron chi connectivity index (χ3n) is 4.29. The van der Waals surface area contributed by atoms with E-state index in [-0.39, 0.29) is 12.2 Å². The van der Waals surface area contributed by atoms with Crippen LogP contribution in [0.2, 0.25) is 0 Å². The number of halogens is 1. The monoisotopic (exact) mass is 466 g/mol. The average molecular weight is 466 g/mol. The quantitative estimate of drug-likeness (QED) is 0.471. The highest BCUT2D eigenvalue weighted by Gasteiger charge is 2.20. The zero-order valence-corrected chi connectivity index (χ0v) is 16.3. The predicted octanol–water partition coefficient (Wildman–Crippen LogP) is 3.83. The molecule has 0 saturated carbocycles. The first-order valence-corrected chi connectivity index (χ1v) is 9.97. The Morgan fingerprint density at radius 1 is 1.24 bits per heavy atom. The molecule has 2 aromatic heterocycles. The van der Waals surface area contributed by atoms with Gasteiger partial charge in [0.1, 0.15) is 17.3 Å². The van der Waals surface area contributed by atoms with Gasteiger partial charge in [0.25, 0.3) is 5.56 Å².